The first-order chi connectivity index (χ1) is 7.24. The summed E-state index contributed by atoms with van der Waals surface area (Å²) in [6.45, 7) is 10.2. The zero-order valence-electron chi connectivity index (χ0n) is 10.9. The smallest absolute Gasteiger partial charge is 0.398 e. The first-order valence-corrected chi connectivity index (χ1v) is 5.58. The summed E-state index contributed by atoms with van der Waals surface area (Å²) in [6.07, 6.45) is 1.79. The molecule has 0 N–H and O–H groups in total. The molecule has 0 amide bonds. The summed E-state index contributed by atoms with van der Waals surface area (Å²) in [5.74, 6) is 0. The van der Waals surface area contributed by atoms with Gasteiger partial charge in [0, 0.05) is 12.7 Å². The van der Waals surface area contributed by atoms with Gasteiger partial charge in [-0.15, -0.1) is 0 Å². The fraction of sp³-hybridized carbons (Fsp3) is 0.727. The highest BCUT2D eigenvalue weighted by atomic mass is 16.7. The fourth-order valence-corrected chi connectivity index (χ4v) is 1.70. The van der Waals surface area contributed by atoms with E-state index in [0.29, 0.717) is 0 Å². The third kappa shape index (κ3) is 1.58. The zero-order chi connectivity index (χ0) is 12.1. The molecular formula is C11H19BN2O2. The maximum atomic E-state index is 5.95. The van der Waals surface area contributed by atoms with Crippen LogP contribution in [-0.4, -0.2) is 27.9 Å². The summed E-state index contributed by atoms with van der Waals surface area (Å²) >= 11 is 0. The van der Waals surface area contributed by atoms with Gasteiger partial charge in [0.05, 0.1) is 23.1 Å². The molecule has 0 aliphatic carbocycles. The van der Waals surface area contributed by atoms with E-state index in [2.05, 4.69) is 4.98 Å². The largest absolute Gasteiger partial charge is 0.516 e. The van der Waals surface area contributed by atoms with Gasteiger partial charge < -0.3 is 13.9 Å². The molecule has 2 heterocycles. The quantitative estimate of drug-likeness (QED) is 0.666. The highest BCUT2D eigenvalue weighted by Gasteiger charge is 2.53. The molecule has 0 unspecified atom stereocenters. The van der Waals surface area contributed by atoms with Crippen LogP contribution in [0.15, 0.2) is 6.33 Å². The molecule has 5 heteroatoms. The minimum absolute atomic E-state index is 0.304. The number of aryl methyl sites for hydroxylation is 1. The molecule has 0 atom stereocenters. The molecule has 1 aromatic rings. The van der Waals surface area contributed by atoms with E-state index in [1.807, 2.05) is 46.2 Å². The molecule has 1 aromatic heterocycles. The van der Waals surface area contributed by atoms with Crippen molar-refractivity contribution in [1.29, 1.82) is 0 Å². The van der Waals surface area contributed by atoms with Crippen molar-refractivity contribution in [2.24, 2.45) is 7.05 Å². The second-order valence-corrected chi connectivity index (χ2v) is 5.41. The summed E-state index contributed by atoms with van der Waals surface area (Å²) in [4.78, 5) is 4.34. The van der Waals surface area contributed by atoms with E-state index >= 15 is 0 Å². The Morgan fingerprint density at radius 2 is 1.69 bits per heavy atom. The molecule has 1 aliphatic rings. The van der Waals surface area contributed by atoms with Crippen LogP contribution in [0, 0.1) is 6.92 Å². The van der Waals surface area contributed by atoms with Gasteiger partial charge >= 0.3 is 7.12 Å². The number of rotatable bonds is 1. The fourth-order valence-electron chi connectivity index (χ4n) is 1.70. The highest BCUT2D eigenvalue weighted by Crippen LogP contribution is 2.36. The molecule has 0 saturated carbocycles. The van der Waals surface area contributed by atoms with Crippen molar-refractivity contribution in [3.8, 4) is 0 Å². The Morgan fingerprint density at radius 1 is 1.19 bits per heavy atom. The van der Waals surface area contributed by atoms with Gasteiger partial charge in [-0.2, -0.15) is 0 Å². The minimum atomic E-state index is -0.355. The molecule has 16 heavy (non-hydrogen) atoms. The average molecular weight is 222 g/mol. The van der Waals surface area contributed by atoms with Gasteiger partial charge in [-0.25, -0.2) is 4.98 Å². The number of hydrogen-bond donors (Lipinski definition) is 0. The Balaban J connectivity index is 2.30. The van der Waals surface area contributed by atoms with Gasteiger partial charge in [0.25, 0.3) is 0 Å². The van der Waals surface area contributed by atoms with Crippen molar-refractivity contribution in [2.75, 3.05) is 0 Å². The first kappa shape index (κ1) is 11.7. The summed E-state index contributed by atoms with van der Waals surface area (Å²) < 4.78 is 13.9. The maximum Gasteiger partial charge on any atom is 0.516 e. The van der Waals surface area contributed by atoms with E-state index in [0.717, 1.165) is 11.3 Å². The van der Waals surface area contributed by atoms with Crippen LogP contribution in [0.4, 0.5) is 0 Å². The number of aromatic nitrogens is 2. The van der Waals surface area contributed by atoms with E-state index in [9.17, 15) is 0 Å². The predicted octanol–water partition coefficient (Wildman–Crippen LogP) is 1.03. The average Bonchev–Trinajstić information content (AvgIpc) is 2.54. The van der Waals surface area contributed by atoms with E-state index in [1.54, 1.807) is 6.33 Å². The number of nitrogens with zero attached hydrogens (tertiary/aromatic N) is 2. The van der Waals surface area contributed by atoms with Gasteiger partial charge in [0.15, 0.2) is 0 Å². The van der Waals surface area contributed by atoms with Crippen LogP contribution in [0.2, 0.25) is 0 Å². The predicted molar refractivity (Wildman–Crippen MR) is 63.7 cm³/mol. The summed E-state index contributed by atoms with van der Waals surface area (Å²) in [5, 5.41) is 0. The van der Waals surface area contributed by atoms with Crippen LogP contribution in [0.3, 0.4) is 0 Å². The summed E-state index contributed by atoms with van der Waals surface area (Å²) in [6, 6.07) is 0. The van der Waals surface area contributed by atoms with Crippen LogP contribution >= 0.6 is 0 Å². The Hall–Kier alpha value is -0.805. The van der Waals surface area contributed by atoms with Crippen molar-refractivity contribution in [3.05, 3.63) is 12.0 Å². The lowest BCUT2D eigenvalue weighted by atomic mass is 9.83. The number of imidazole rings is 1. The lowest BCUT2D eigenvalue weighted by Crippen LogP contribution is -2.41. The van der Waals surface area contributed by atoms with Crippen molar-refractivity contribution < 1.29 is 9.31 Å². The molecule has 0 radical (unpaired) electrons. The standard InChI is InChI=1S/C11H19BN2O2/c1-8-9(13-7-14(8)6)12-15-10(2,3)11(4,5)16-12/h7H,1-6H3. The van der Waals surface area contributed by atoms with E-state index in [4.69, 9.17) is 9.31 Å². The van der Waals surface area contributed by atoms with Crippen molar-refractivity contribution >= 4 is 12.7 Å². The Kier molecular flexibility index (Phi) is 2.44. The third-order valence-corrected chi connectivity index (χ3v) is 3.75. The Labute approximate surface area is 97.1 Å². The van der Waals surface area contributed by atoms with Gasteiger partial charge in [0.1, 0.15) is 0 Å². The molecule has 88 valence electrons. The lowest BCUT2D eigenvalue weighted by Gasteiger charge is -2.32. The monoisotopic (exact) mass is 222 g/mol. The second kappa shape index (κ2) is 3.34. The Morgan fingerprint density at radius 3 is 2.06 bits per heavy atom. The van der Waals surface area contributed by atoms with Gasteiger partial charge in [-0.1, -0.05) is 0 Å². The second-order valence-electron chi connectivity index (χ2n) is 5.41. The molecule has 1 aliphatic heterocycles. The molecule has 0 bridgehead atoms. The SMILES string of the molecule is Cc1c(B2OC(C)(C)C(C)(C)O2)ncn1C. The molecule has 1 saturated heterocycles. The van der Waals surface area contributed by atoms with Crippen molar-refractivity contribution in [1.82, 2.24) is 9.55 Å². The zero-order valence-corrected chi connectivity index (χ0v) is 10.9. The topological polar surface area (TPSA) is 36.3 Å². The van der Waals surface area contributed by atoms with Crippen LogP contribution < -0.4 is 5.59 Å². The normalized spacial score (nSPS) is 22.8. The van der Waals surface area contributed by atoms with Gasteiger partial charge in [-0.3, -0.25) is 0 Å². The maximum absolute atomic E-state index is 5.95. The van der Waals surface area contributed by atoms with Crippen LogP contribution in [0.1, 0.15) is 33.4 Å². The van der Waals surface area contributed by atoms with Crippen LogP contribution in [0.25, 0.3) is 0 Å². The molecule has 1 fully saturated rings. The molecule has 0 spiro atoms. The first-order valence-electron chi connectivity index (χ1n) is 5.58. The van der Waals surface area contributed by atoms with Crippen molar-refractivity contribution in [2.45, 2.75) is 45.8 Å². The van der Waals surface area contributed by atoms with Crippen molar-refractivity contribution in [3.63, 3.8) is 0 Å². The van der Waals surface area contributed by atoms with Gasteiger partial charge in [0.2, 0.25) is 0 Å². The molecular weight excluding hydrogens is 203 g/mol. The molecule has 4 nitrogen and oxygen atoms in total. The van der Waals surface area contributed by atoms with E-state index in [1.165, 1.54) is 0 Å². The Bertz CT molecular complexity index is 396. The van der Waals surface area contributed by atoms with E-state index < -0.39 is 0 Å². The molecule has 0 aromatic carbocycles. The number of hydrogen-bond acceptors (Lipinski definition) is 3. The van der Waals surface area contributed by atoms with Crippen LogP contribution in [0.5, 0.6) is 0 Å². The van der Waals surface area contributed by atoms with Crippen LogP contribution in [-0.2, 0) is 16.4 Å². The highest BCUT2D eigenvalue weighted by molar-refractivity contribution is 6.61. The summed E-state index contributed by atoms with van der Waals surface area (Å²) in [5.41, 5.74) is 1.35. The van der Waals surface area contributed by atoms with Gasteiger partial charge in [-0.05, 0) is 34.6 Å². The molecule has 2 rings (SSSR count). The third-order valence-electron chi connectivity index (χ3n) is 3.75. The van der Waals surface area contributed by atoms with E-state index in [-0.39, 0.29) is 18.3 Å². The summed E-state index contributed by atoms with van der Waals surface area (Å²) in [7, 11) is 1.61. The minimum Gasteiger partial charge on any atom is -0.398 e. The lowest BCUT2D eigenvalue weighted by molar-refractivity contribution is 0.00578.